The second-order valence-electron chi connectivity index (χ2n) is 9.37. The molecule has 3 aromatic rings. The van der Waals surface area contributed by atoms with Crippen LogP contribution in [0.15, 0.2) is 91.0 Å². The average Bonchev–Trinajstić information content (AvgIpc) is 3.48. The van der Waals surface area contributed by atoms with Crippen LogP contribution in [0.5, 0.6) is 0 Å². The number of likely N-dealkylation sites (tertiary alicyclic amines) is 2. The fourth-order valence-corrected chi connectivity index (χ4v) is 5.62. The minimum Gasteiger partial charge on any atom is -0.338 e. The monoisotopic (exact) mass is 424 g/mol. The molecule has 1 amide bonds. The summed E-state index contributed by atoms with van der Waals surface area (Å²) in [6.07, 6.45) is 2.27. The van der Waals surface area contributed by atoms with E-state index in [1.807, 2.05) is 36.4 Å². The van der Waals surface area contributed by atoms with E-state index in [2.05, 4.69) is 71.3 Å². The van der Waals surface area contributed by atoms with Crippen molar-refractivity contribution >= 4 is 5.91 Å². The molecule has 2 fully saturated rings. The molecular weight excluding hydrogens is 392 g/mol. The highest BCUT2D eigenvalue weighted by molar-refractivity contribution is 5.87. The van der Waals surface area contributed by atoms with Crippen molar-refractivity contribution in [2.24, 2.45) is 0 Å². The molecule has 0 N–H and O–H groups in total. The first-order chi connectivity index (χ1) is 15.7. The normalized spacial score (nSPS) is 23.7. The van der Waals surface area contributed by atoms with Crippen LogP contribution in [0, 0.1) is 0 Å². The lowest BCUT2D eigenvalue weighted by molar-refractivity contribution is -0.132. The van der Waals surface area contributed by atoms with Gasteiger partial charge in [-0.25, -0.2) is 0 Å². The van der Waals surface area contributed by atoms with E-state index in [1.54, 1.807) is 0 Å². The molecule has 2 saturated heterocycles. The van der Waals surface area contributed by atoms with Crippen LogP contribution >= 0.6 is 0 Å². The first-order valence-corrected chi connectivity index (χ1v) is 11.9. The van der Waals surface area contributed by atoms with Gasteiger partial charge in [-0.15, -0.1) is 0 Å². The predicted octanol–water partition coefficient (Wildman–Crippen LogP) is 5.30. The van der Waals surface area contributed by atoms with E-state index in [9.17, 15) is 4.79 Å². The molecule has 0 saturated carbocycles. The Morgan fingerprint density at radius 1 is 0.812 bits per heavy atom. The van der Waals surface area contributed by atoms with Gasteiger partial charge in [0.2, 0.25) is 5.91 Å². The molecule has 3 heteroatoms. The van der Waals surface area contributed by atoms with E-state index in [4.69, 9.17) is 0 Å². The number of nitrogens with zero attached hydrogens (tertiary/aromatic N) is 2. The third kappa shape index (κ3) is 4.22. The molecule has 0 radical (unpaired) electrons. The number of hydrogen-bond donors (Lipinski definition) is 0. The van der Waals surface area contributed by atoms with Crippen LogP contribution in [0.25, 0.3) is 0 Å². The highest BCUT2D eigenvalue weighted by Gasteiger charge is 2.40. The molecule has 2 aliphatic rings. The summed E-state index contributed by atoms with van der Waals surface area (Å²) in [7, 11) is 0. The fourth-order valence-electron chi connectivity index (χ4n) is 5.62. The average molecular weight is 425 g/mol. The smallest absolute Gasteiger partial charge is 0.234 e. The third-order valence-corrected chi connectivity index (χ3v) is 7.36. The van der Waals surface area contributed by atoms with Crippen molar-refractivity contribution in [2.75, 3.05) is 19.6 Å². The summed E-state index contributed by atoms with van der Waals surface area (Å²) >= 11 is 0. The summed E-state index contributed by atoms with van der Waals surface area (Å²) in [6.45, 7) is 5.28. The molecule has 2 heterocycles. The van der Waals surface area contributed by atoms with Gasteiger partial charge in [0.15, 0.2) is 0 Å². The minimum absolute atomic E-state index is 0.233. The highest BCUT2D eigenvalue weighted by atomic mass is 16.2. The summed E-state index contributed by atoms with van der Waals surface area (Å²) in [4.78, 5) is 18.7. The SMILES string of the molecule is C[C@@H]1C[C@H](N2CC[C@H](c3ccccc3)C2)CN1C(=O)C(c1ccccc1)c1ccccc1. The van der Waals surface area contributed by atoms with Crippen molar-refractivity contribution in [3.8, 4) is 0 Å². The number of benzene rings is 3. The van der Waals surface area contributed by atoms with E-state index >= 15 is 0 Å². The lowest BCUT2D eigenvalue weighted by atomic mass is 9.90. The van der Waals surface area contributed by atoms with Gasteiger partial charge in [-0.05, 0) is 48.9 Å². The summed E-state index contributed by atoms with van der Waals surface area (Å²) in [5.41, 5.74) is 3.59. The lowest BCUT2D eigenvalue weighted by Crippen LogP contribution is -2.40. The van der Waals surface area contributed by atoms with Crippen LogP contribution in [-0.2, 0) is 4.79 Å². The largest absolute Gasteiger partial charge is 0.338 e. The van der Waals surface area contributed by atoms with Crippen LogP contribution < -0.4 is 0 Å². The summed E-state index contributed by atoms with van der Waals surface area (Å²) in [6, 6.07) is 32.1. The van der Waals surface area contributed by atoms with E-state index in [0.29, 0.717) is 12.0 Å². The van der Waals surface area contributed by atoms with E-state index in [1.165, 1.54) is 12.0 Å². The number of carbonyl (C=O) groups excluding carboxylic acids is 1. The van der Waals surface area contributed by atoms with E-state index in [-0.39, 0.29) is 17.9 Å². The molecule has 32 heavy (non-hydrogen) atoms. The maximum atomic E-state index is 13.9. The van der Waals surface area contributed by atoms with Crippen LogP contribution in [0.4, 0.5) is 0 Å². The topological polar surface area (TPSA) is 23.6 Å². The van der Waals surface area contributed by atoms with Crippen LogP contribution in [-0.4, -0.2) is 47.4 Å². The Balaban J connectivity index is 1.33. The van der Waals surface area contributed by atoms with Crippen molar-refractivity contribution in [3.63, 3.8) is 0 Å². The molecular formula is C29H32N2O. The first-order valence-electron chi connectivity index (χ1n) is 11.9. The number of carbonyl (C=O) groups is 1. The summed E-state index contributed by atoms with van der Waals surface area (Å²) in [5.74, 6) is 0.600. The Hall–Kier alpha value is -2.91. The standard InChI is InChI=1S/C29H32N2O/c1-22-19-27(30-18-17-26(20-30)23-11-5-2-6-12-23)21-31(22)29(32)28(24-13-7-3-8-14-24)25-15-9-4-10-16-25/h2-16,22,26-28H,17-21H2,1H3/t22-,26+,27+/m1/s1. The molecule has 5 rings (SSSR count). The maximum Gasteiger partial charge on any atom is 0.234 e. The van der Waals surface area contributed by atoms with Gasteiger partial charge in [0.1, 0.15) is 0 Å². The zero-order chi connectivity index (χ0) is 21.9. The van der Waals surface area contributed by atoms with Gasteiger partial charge in [-0.2, -0.15) is 0 Å². The maximum absolute atomic E-state index is 13.9. The van der Waals surface area contributed by atoms with Crippen molar-refractivity contribution in [1.82, 2.24) is 9.80 Å². The second-order valence-corrected chi connectivity index (χ2v) is 9.37. The van der Waals surface area contributed by atoms with Crippen LogP contribution in [0.3, 0.4) is 0 Å². The summed E-state index contributed by atoms with van der Waals surface area (Å²) in [5, 5.41) is 0. The quantitative estimate of drug-likeness (QED) is 0.555. The molecule has 0 aliphatic carbocycles. The third-order valence-electron chi connectivity index (χ3n) is 7.36. The Morgan fingerprint density at radius 2 is 1.38 bits per heavy atom. The van der Waals surface area contributed by atoms with Crippen molar-refractivity contribution in [3.05, 3.63) is 108 Å². The van der Waals surface area contributed by atoms with Gasteiger partial charge in [0.05, 0.1) is 5.92 Å². The second kappa shape index (κ2) is 9.30. The Morgan fingerprint density at radius 3 is 1.97 bits per heavy atom. The van der Waals surface area contributed by atoms with Crippen LogP contribution in [0.2, 0.25) is 0 Å². The van der Waals surface area contributed by atoms with Gasteiger partial charge in [-0.1, -0.05) is 91.0 Å². The molecule has 164 valence electrons. The number of amides is 1. The van der Waals surface area contributed by atoms with Crippen molar-refractivity contribution in [1.29, 1.82) is 0 Å². The Kier molecular flexibility index (Phi) is 6.09. The van der Waals surface area contributed by atoms with Crippen LogP contribution in [0.1, 0.15) is 48.3 Å². The molecule has 3 atom stereocenters. The minimum atomic E-state index is -0.241. The first kappa shape index (κ1) is 21.0. The van der Waals surface area contributed by atoms with Gasteiger partial charge < -0.3 is 4.90 Å². The molecule has 0 bridgehead atoms. The fraction of sp³-hybridized carbons (Fsp3) is 0.345. The zero-order valence-electron chi connectivity index (χ0n) is 18.8. The van der Waals surface area contributed by atoms with Gasteiger partial charge >= 0.3 is 0 Å². The van der Waals surface area contributed by atoms with E-state index < -0.39 is 0 Å². The van der Waals surface area contributed by atoms with Gasteiger partial charge in [0, 0.05) is 25.2 Å². The Labute approximate surface area is 191 Å². The molecule has 3 nitrogen and oxygen atoms in total. The molecule has 0 aromatic heterocycles. The van der Waals surface area contributed by atoms with Gasteiger partial charge in [-0.3, -0.25) is 9.69 Å². The Bertz CT molecular complexity index is 981. The molecule has 2 aliphatic heterocycles. The van der Waals surface area contributed by atoms with Crippen molar-refractivity contribution in [2.45, 2.75) is 43.7 Å². The number of rotatable bonds is 5. The zero-order valence-corrected chi connectivity index (χ0v) is 18.8. The highest BCUT2D eigenvalue weighted by Crippen LogP contribution is 2.35. The van der Waals surface area contributed by atoms with Gasteiger partial charge in [0.25, 0.3) is 0 Å². The number of hydrogen-bond acceptors (Lipinski definition) is 2. The predicted molar refractivity (Wildman–Crippen MR) is 130 cm³/mol. The van der Waals surface area contributed by atoms with E-state index in [0.717, 1.165) is 37.2 Å². The summed E-state index contributed by atoms with van der Waals surface area (Å²) < 4.78 is 0. The lowest BCUT2D eigenvalue weighted by Gasteiger charge is -2.28. The molecule has 0 unspecified atom stereocenters. The molecule has 3 aromatic carbocycles. The molecule has 0 spiro atoms. The van der Waals surface area contributed by atoms with Crippen molar-refractivity contribution < 1.29 is 4.79 Å².